The average Bonchev–Trinajstić information content (AvgIpc) is 3.46. The third kappa shape index (κ3) is 3.09. The number of nitrogen functional groups attached to an aromatic ring is 1. The van der Waals surface area contributed by atoms with Crippen LogP contribution in [0.1, 0.15) is 30.4 Å². The van der Waals surface area contributed by atoms with Crippen LogP contribution >= 0.6 is 0 Å². The maximum Gasteiger partial charge on any atom is 0.292 e. The Balaban J connectivity index is 1.49. The van der Waals surface area contributed by atoms with Gasteiger partial charge in [-0.2, -0.15) is 4.98 Å². The first kappa shape index (κ1) is 19.2. The van der Waals surface area contributed by atoms with Gasteiger partial charge in [-0.25, -0.2) is 4.98 Å². The lowest BCUT2D eigenvalue weighted by Gasteiger charge is -2.13. The Kier molecular flexibility index (Phi) is 4.18. The van der Waals surface area contributed by atoms with Crippen molar-refractivity contribution in [2.75, 3.05) is 12.3 Å². The van der Waals surface area contributed by atoms with Crippen LogP contribution in [0.5, 0.6) is 5.75 Å². The number of hydrogen-bond acceptors (Lipinski definition) is 6. The number of aryl methyl sites for hydroxylation is 2. The predicted octanol–water partition coefficient (Wildman–Crippen LogP) is 3.57. The number of aromatic nitrogens is 3. The van der Waals surface area contributed by atoms with Crippen LogP contribution in [0.3, 0.4) is 0 Å². The highest BCUT2D eigenvalue weighted by Gasteiger charge is 2.35. The average molecular weight is 431 g/mol. The summed E-state index contributed by atoms with van der Waals surface area (Å²) in [5.74, 6) is 1.73. The lowest BCUT2D eigenvalue weighted by Crippen LogP contribution is -2.26. The Bertz CT molecular complexity index is 1380. The molecule has 3 heterocycles. The quantitative estimate of drug-likeness (QED) is 0.498. The molecule has 164 valence electrons. The summed E-state index contributed by atoms with van der Waals surface area (Å²) in [7, 11) is 0. The van der Waals surface area contributed by atoms with Gasteiger partial charge in [-0.3, -0.25) is 4.79 Å². The first-order chi connectivity index (χ1) is 15.5. The molecule has 0 bridgehead atoms. The smallest absolute Gasteiger partial charge is 0.292 e. The molecule has 1 atom stereocenters. The van der Waals surface area contributed by atoms with Gasteiger partial charge in [0.25, 0.3) is 6.01 Å². The van der Waals surface area contributed by atoms with Crippen LogP contribution in [0.25, 0.3) is 33.5 Å². The minimum absolute atomic E-state index is 0.130. The lowest BCUT2D eigenvalue weighted by atomic mass is 9.94. The zero-order chi connectivity index (χ0) is 22.0. The van der Waals surface area contributed by atoms with Gasteiger partial charge in [0, 0.05) is 18.0 Å². The number of hydrogen-bond donors (Lipinski definition) is 2. The molecule has 0 radical (unpaired) electrons. The van der Waals surface area contributed by atoms with E-state index in [4.69, 9.17) is 25.6 Å². The van der Waals surface area contributed by atoms with E-state index in [1.807, 2.05) is 13.0 Å². The van der Waals surface area contributed by atoms with Crippen LogP contribution in [-0.2, 0) is 17.8 Å². The number of rotatable bonds is 5. The number of benzene rings is 2. The maximum atomic E-state index is 12.0. The number of amides is 1. The molecule has 1 saturated carbocycles. The number of nitrogens with two attached hydrogens (primary N) is 2. The fourth-order valence-corrected chi connectivity index (χ4v) is 4.95. The number of anilines is 1. The Morgan fingerprint density at radius 1 is 1.22 bits per heavy atom. The molecule has 0 unspecified atom stereocenters. The Morgan fingerprint density at radius 2 is 2.06 bits per heavy atom. The van der Waals surface area contributed by atoms with Gasteiger partial charge in [0.2, 0.25) is 5.91 Å². The summed E-state index contributed by atoms with van der Waals surface area (Å²) in [6, 6.07) is 8.31. The molecule has 32 heavy (non-hydrogen) atoms. The van der Waals surface area contributed by atoms with Crippen molar-refractivity contribution in [2.45, 2.75) is 39.2 Å². The monoisotopic (exact) mass is 431 g/mol. The minimum atomic E-state index is -0.221. The van der Waals surface area contributed by atoms with Gasteiger partial charge in [-0.05, 0) is 73.9 Å². The van der Waals surface area contributed by atoms with Crippen molar-refractivity contribution >= 4 is 34.1 Å². The summed E-state index contributed by atoms with van der Waals surface area (Å²) in [6.07, 6.45) is 3.66. The molecular weight excluding hydrogens is 406 g/mol. The van der Waals surface area contributed by atoms with E-state index in [-0.39, 0.29) is 17.8 Å². The van der Waals surface area contributed by atoms with Crippen molar-refractivity contribution in [1.82, 2.24) is 14.5 Å². The highest BCUT2D eigenvalue weighted by molar-refractivity contribution is 5.89. The molecule has 8 heteroatoms. The number of ether oxygens (including phenoxy) is 1. The van der Waals surface area contributed by atoms with E-state index >= 15 is 0 Å². The zero-order valence-corrected chi connectivity index (χ0v) is 17.9. The number of imidazole rings is 1. The molecule has 0 spiro atoms. The van der Waals surface area contributed by atoms with Crippen LogP contribution in [0.4, 0.5) is 6.01 Å². The first-order valence-electron chi connectivity index (χ1n) is 11.1. The van der Waals surface area contributed by atoms with E-state index in [9.17, 15) is 4.79 Å². The topological polar surface area (TPSA) is 122 Å². The summed E-state index contributed by atoms with van der Waals surface area (Å²) < 4.78 is 13.9. The standard InChI is InChI=1S/C24H25N5O3/c1-12-7-15(11-18-21(12)32-24(26)28-18)23-27-17-9-13(8-16(22(25)30)14-3-4-14)10-19-20(17)29(23)5-2-6-31-19/h7,9-11,14,16H,2-6,8H2,1H3,(H2,25,30)(H2,26,28)/t16-/m0/s1. The summed E-state index contributed by atoms with van der Waals surface area (Å²) >= 11 is 0. The lowest BCUT2D eigenvalue weighted by molar-refractivity contribution is -0.122. The largest absolute Gasteiger partial charge is 0.491 e. The van der Waals surface area contributed by atoms with Crippen molar-refractivity contribution in [3.8, 4) is 17.1 Å². The predicted molar refractivity (Wildman–Crippen MR) is 121 cm³/mol. The molecule has 6 rings (SSSR count). The minimum Gasteiger partial charge on any atom is -0.491 e. The van der Waals surface area contributed by atoms with E-state index in [0.717, 1.165) is 70.6 Å². The Morgan fingerprint density at radius 3 is 2.84 bits per heavy atom. The van der Waals surface area contributed by atoms with Crippen molar-refractivity contribution < 1.29 is 13.9 Å². The van der Waals surface area contributed by atoms with E-state index in [1.54, 1.807) is 0 Å². The molecule has 4 aromatic rings. The molecule has 1 aliphatic heterocycles. The fraction of sp³-hybridized carbons (Fsp3) is 0.375. The fourth-order valence-electron chi connectivity index (χ4n) is 4.95. The van der Waals surface area contributed by atoms with Gasteiger partial charge >= 0.3 is 0 Å². The van der Waals surface area contributed by atoms with Crippen molar-refractivity contribution in [1.29, 1.82) is 0 Å². The van der Waals surface area contributed by atoms with Gasteiger partial charge in [0.15, 0.2) is 5.58 Å². The van der Waals surface area contributed by atoms with Gasteiger partial charge in [0.1, 0.15) is 22.6 Å². The van der Waals surface area contributed by atoms with E-state index < -0.39 is 0 Å². The van der Waals surface area contributed by atoms with Crippen LogP contribution < -0.4 is 16.2 Å². The molecule has 8 nitrogen and oxygen atoms in total. The molecule has 2 aliphatic rings. The summed E-state index contributed by atoms with van der Waals surface area (Å²) in [5, 5.41) is 0. The molecule has 4 N–H and O–H groups in total. The second kappa shape index (κ2) is 6.98. The van der Waals surface area contributed by atoms with E-state index in [2.05, 4.69) is 27.8 Å². The highest BCUT2D eigenvalue weighted by Crippen LogP contribution is 2.40. The Labute approximate surface area is 184 Å². The number of carbonyl (C=O) groups is 1. The second-order valence-electron chi connectivity index (χ2n) is 8.99. The Hall–Kier alpha value is -3.55. The molecule has 1 amide bonds. The molecule has 2 aromatic carbocycles. The SMILES string of the molecule is Cc1cc(-c2nc3cc(C[C@H](C(N)=O)C4CC4)cc4c3n2CCCO4)cc2nc(N)oc12. The van der Waals surface area contributed by atoms with Crippen molar-refractivity contribution in [3.05, 3.63) is 35.4 Å². The first-order valence-corrected chi connectivity index (χ1v) is 11.1. The van der Waals surface area contributed by atoms with Gasteiger partial charge in [0.05, 0.1) is 12.1 Å². The third-order valence-corrected chi connectivity index (χ3v) is 6.61. The molecular formula is C24H25N5O3. The van der Waals surface area contributed by atoms with Gasteiger partial charge in [-0.15, -0.1) is 0 Å². The number of fused-ring (bicyclic) bond motifs is 1. The highest BCUT2D eigenvalue weighted by atomic mass is 16.5. The molecule has 2 aromatic heterocycles. The van der Waals surface area contributed by atoms with Gasteiger partial charge < -0.3 is 25.2 Å². The third-order valence-electron chi connectivity index (χ3n) is 6.61. The van der Waals surface area contributed by atoms with Crippen LogP contribution in [0.15, 0.2) is 28.7 Å². The number of nitrogens with zero attached hydrogens (tertiary/aromatic N) is 3. The van der Waals surface area contributed by atoms with Gasteiger partial charge in [-0.1, -0.05) is 0 Å². The molecule has 0 saturated heterocycles. The van der Waals surface area contributed by atoms with E-state index in [1.165, 1.54) is 0 Å². The van der Waals surface area contributed by atoms with E-state index in [0.29, 0.717) is 24.5 Å². The summed E-state index contributed by atoms with van der Waals surface area (Å²) in [6.45, 7) is 3.43. The number of carbonyl (C=O) groups excluding carboxylic acids is 1. The number of oxazole rings is 1. The normalized spacial score (nSPS) is 16.8. The number of primary amides is 1. The summed E-state index contributed by atoms with van der Waals surface area (Å²) in [5.41, 5.74) is 17.7. The second-order valence-corrected chi connectivity index (χ2v) is 8.99. The summed E-state index contributed by atoms with van der Waals surface area (Å²) in [4.78, 5) is 21.3. The molecule has 1 aliphatic carbocycles. The van der Waals surface area contributed by atoms with Crippen LogP contribution in [-0.4, -0.2) is 27.0 Å². The van der Waals surface area contributed by atoms with Crippen molar-refractivity contribution in [3.63, 3.8) is 0 Å². The maximum absolute atomic E-state index is 12.0. The van der Waals surface area contributed by atoms with Crippen LogP contribution in [0, 0.1) is 18.8 Å². The zero-order valence-electron chi connectivity index (χ0n) is 17.9. The van der Waals surface area contributed by atoms with Crippen molar-refractivity contribution in [2.24, 2.45) is 17.6 Å². The van der Waals surface area contributed by atoms with Crippen LogP contribution in [0.2, 0.25) is 0 Å². The molecule has 1 fully saturated rings.